The van der Waals surface area contributed by atoms with Gasteiger partial charge in [-0.1, -0.05) is 12.1 Å². The van der Waals surface area contributed by atoms with Crippen molar-refractivity contribution in [2.75, 3.05) is 26.9 Å². The molecular formula is C20H26N2O6S. The van der Waals surface area contributed by atoms with Gasteiger partial charge < -0.3 is 19.5 Å². The molecule has 1 amide bonds. The predicted molar refractivity (Wildman–Crippen MR) is 109 cm³/mol. The summed E-state index contributed by atoms with van der Waals surface area (Å²) >= 11 is 0. The van der Waals surface area contributed by atoms with E-state index in [0.29, 0.717) is 30.5 Å². The summed E-state index contributed by atoms with van der Waals surface area (Å²) < 4.78 is 43.3. The Kier molecular flexibility index (Phi) is 8.29. The number of rotatable bonds is 11. The van der Waals surface area contributed by atoms with Crippen molar-refractivity contribution in [3.63, 3.8) is 0 Å². The molecule has 9 heteroatoms. The second-order valence-corrected chi connectivity index (χ2v) is 7.69. The van der Waals surface area contributed by atoms with E-state index in [4.69, 9.17) is 14.2 Å². The second kappa shape index (κ2) is 10.7. The summed E-state index contributed by atoms with van der Waals surface area (Å²) in [5, 5.41) is 2.67. The zero-order valence-electron chi connectivity index (χ0n) is 16.7. The van der Waals surface area contributed by atoms with E-state index in [2.05, 4.69) is 10.0 Å². The second-order valence-electron chi connectivity index (χ2n) is 5.93. The van der Waals surface area contributed by atoms with Gasteiger partial charge in [0.05, 0.1) is 31.8 Å². The van der Waals surface area contributed by atoms with Crippen LogP contribution in [-0.2, 0) is 21.4 Å². The molecule has 0 spiro atoms. The lowest BCUT2D eigenvalue weighted by Crippen LogP contribution is -2.36. The number of amides is 1. The Bertz CT molecular complexity index is 930. The topological polar surface area (TPSA) is 103 Å². The Morgan fingerprint density at radius 2 is 1.72 bits per heavy atom. The van der Waals surface area contributed by atoms with Crippen molar-refractivity contribution in [3.05, 3.63) is 48.0 Å². The Hall–Kier alpha value is -2.78. The van der Waals surface area contributed by atoms with E-state index in [-0.39, 0.29) is 18.0 Å². The summed E-state index contributed by atoms with van der Waals surface area (Å²) in [4.78, 5) is 12.0. The Labute approximate surface area is 171 Å². The summed E-state index contributed by atoms with van der Waals surface area (Å²) in [5.74, 6) is 1.02. The van der Waals surface area contributed by atoms with Gasteiger partial charge in [0.15, 0.2) is 11.5 Å². The smallest absolute Gasteiger partial charge is 0.241 e. The molecule has 2 aromatic carbocycles. The molecule has 2 rings (SSSR count). The largest absolute Gasteiger partial charge is 0.497 e. The first-order valence-corrected chi connectivity index (χ1v) is 10.7. The number of ether oxygens (including phenoxy) is 3. The van der Waals surface area contributed by atoms with Crippen LogP contribution in [-0.4, -0.2) is 41.2 Å². The minimum atomic E-state index is -3.89. The van der Waals surface area contributed by atoms with E-state index in [1.807, 2.05) is 19.1 Å². The summed E-state index contributed by atoms with van der Waals surface area (Å²) in [7, 11) is -2.33. The Balaban J connectivity index is 1.97. The van der Waals surface area contributed by atoms with Gasteiger partial charge in [-0.2, -0.15) is 0 Å². The molecule has 2 aromatic rings. The third-order valence-electron chi connectivity index (χ3n) is 3.87. The summed E-state index contributed by atoms with van der Waals surface area (Å²) in [6.45, 7) is 4.29. The van der Waals surface area contributed by atoms with Crippen molar-refractivity contribution >= 4 is 15.9 Å². The number of benzene rings is 2. The molecule has 0 aliphatic heterocycles. The minimum Gasteiger partial charge on any atom is -0.497 e. The van der Waals surface area contributed by atoms with Gasteiger partial charge in [0.25, 0.3) is 0 Å². The molecule has 29 heavy (non-hydrogen) atoms. The highest BCUT2D eigenvalue weighted by molar-refractivity contribution is 7.89. The van der Waals surface area contributed by atoms with Gasteiger partial charge in [0, 0.05) is 12.6 Å². The monoisotopic (exact) mass is 422 g/mol. The fraction of sp³-hybridized carbons (Fsp3) is 0.350. The number of carbonyl (C=O) groups is 1. The summed E-state index contributed by atoms with van der Waals surface area (Å²) in [6.07, 6.45) is 0. The molecule has 0 fully saturated rings. The van der Waals surface area contributed by atoms with Crippen LogP contribution in [0.25, 0.3) is 0 Å². The molecule has 0 unspecified atom stereocenters. The van der Waals surface area contributed by atoms with E-state index < -0.39 is 15.9 Å². The number of hydrogen-bond acceptors (Lipinski definition) is 6. The van der Waals surface area contributed by atoms with Crippen LogP contribution in [0.2, 0.25) is 0 Å². The maximum atomic E-state index is 12.5. The summed E-state index contributed by atoms with van der Waals surface area (Å²) in [6, 6.07) is 11.6. The summed E-state index contributed by atoms with van der Waals surface area (Å²) in [5.41, 5.74) is 0.841. The Morgan fingerprint density at radius 3 is 2.41 bits per heavy atom. The first kappa shape index (κ1) is 22.5. The van der Waals surface area contributed by atoms with Gasteiger partial charge in [-0.3, -0.25) is 4.79 Å². The lowest BCUT2D eigenvalue weighted by Gasteiger charge is -2.13. The molecular weight excluding hydrogens is 396 g/mol. The van der Waals surface area contributed by atoms with Crippen molar-refractivity contribution in [2.24, 2.45) is 0 Å². The van der Waals surface area contributed by atoms with Crippen molar-refractivity contribution in [2.45, 2.75) is 25.3 Å². The van der Waals surface area contributed by atoms with Crippen LogP contribution in [0.15, 0.2) is 47.4 Å². The van der Waals surface area contributed by atoms with Gasteiger partial charge in [-0.25, -0.2) is 13.1 Å². The molecule has 0 saturated heterocycles. The van der Waals surface area contributed by atoms with E-state index in [0.717, 1.165) is 5.56 Å². The van der Waals surface area contributed by atoms with Crippen molar-refractivity contribution < 1.29 is 27.4 Å². The zero-order valence-corrected chi connectivity index (χ0v) is 17.5. The molecule has 0 aliphatic carbocycles. The predicted octanol–water partition coefficient (Wildman–Crippen LogP) is 2.09. The number of sulfonamides is 1. The molecule has 2 N–H and O–H groups in total. The van der Waals surface area contributed by atoms with E-state index in [1.54, 1.807) is 26.2 Å². The van der Waals surface area contributed by atoms with Crippen LogP contribution < -0.4 is 24.2 Å². The molecule has 0 heterocycles. The van der Waals surface area contributed by atoms with Gasteiger partial charge in [0.2, 0.25) is 15.9 Å². The van der Waals surface area contributed by atoms with Gasteiger partial charge in [-0.15, -0.1) is 0 Å². The first-order valence-electron chi connectivity index (χ1n) is 9.18. The van der Waals surface area contributed by atoms with Crippen molar-refractivity contribution in [1.29, 1.82) is 0 Å². The number of nitrogens with one attached hydrogen (secondary N) is 2. The average Bonchev–Trinajstić information content (AvgIpc) is 2.72. The van der Waals surface area contributed by atoms with E-state index >= 15 is 0 Å². The highest BCUT2D eigenvalue weighted by atomic mass is 32.2. The lowest BCUT2D eigenvalue weighted by molar-refractivity contribution is -0.120. The SMILES string of the molecule is CCOc1ccc(S(=O)(=O)NCC(=O)NCc2cccc(OC)c2)cc1OCC. The lowest BCUT2D eigenvalue weighted by atomic mass is 10.2. The highest BCUT2D eigenvalue weighted by Gasteiger charge is 2.18. The van der Waals surface area contributed by atoms with Crippen molar-refractivity contribution in [3.8, 4) is 17.2 Å². The number of hydrogen-bond donors (Lipinski definition) is 2. The molecule has 0 atom stereocenters. The molecule has 0 saturated carbocycles. The third-order valence-corrected chi connectivity index (χ3v) is 5.27. The normalized spacial score (nSPS) is 11.0. The molecule has 8 nitrogen and oxygen atoms in total. The van der Waals surface area contributed by atoms with Crippen molar-refractivity contribution in [1.82, 2.24) is 10.0 Å². The maximum absolute atomic E-state index is 12.5. The van der Waals surface area contributed by atoms with E-state index in [1.165, 1.54) is 18.2 Å². The third kappa shape index (κ3) is 6.65. The van der Waals surface area contributed by atoms with Crippen LogP contribution >= 0.6 is 0 Å². The molecule has 0 radical (unpaired) electrons. The standard InChI is InChI=1S/C20H26N2O6S/c1-4-27-18-10-9-17(12-19(18)28-5-2)29(24,25)22-14-20(23)21-13-15-7-6-8-16(11-15)26-3/h6-12,22H,4-5,13-14H2,1-3H3,(H,21,23). The maximum Gasteiger partial charge on any atom is 0.241 e. The van der Waals surface area contributed by atoms with Crippen LogP contribution in [0.3, 0.4) is 0 Å². The first-order chi connectivity index (χ1) is 13.9. The van der Waals surface area contributed by atoms with Crippen LogP contribution in [0.1, 0.15) is 19.4 Å². The average molecular weight is 423 g/mol. The van der Waals surface area contributed by atoms with Gasteiger partial charge >= 0.3 is 0 Å². The molecule has 158 valence electrons. The van der Waals surface area contributed by atoms with Crippen LogP contribution in [0.4, 0.5) is 0 Å². The Morgan fingerprint density at radius 1 is 1.00 bits per heavy atom. The molecule has 0 aromatic heterocycles. The van der Waals surface area contributed by atoms with Gasteiger partial charge in [0.1, 0.15) is 5.75 Å². The zero-order chi connectivity index (χ0) is 21.3. The highest BCUT2D eigenvalue weighted by Crippen LogP contribution is 2.30. The molecule has 0 aliphatic rings. The fourth-order valence-electron chi connectivity index (χ4n) is 2.49. The number of carbonyl (C=O) groups excluding carboxylic acids is 1. The van der Waals surface area contributed by atoms with Gasteiger partial charge in [-0.05, 0) is 43.7 Å². The van der Waals surface area contributed by atoms with Crippen LogP contribution in [0, 0.1) is 0 Å². The minimum absolute atomic E-state index is 0.00926. The van der Waals surface area contributed by atoms with E-state index in [9.17, 15) is 13.2 Å². The quantitative estimate of drug-likeness (QED) is 0.575. The van der Waals surface area contributed by atoms with Crippen LogP contribution in [0.5, 0.6) is 17.2 Å². The number of methoxy groups -OCH3 is 1. The molecule has 0 bridgehead atoms. The fourth-order valence-corrected chi connectivity index (χ4v) is 3.49.